The molecule has 1 fully saturated rings. The summed E-state index contributed by atoms with van der Waals surface area (Å²) in [6.45, 7) is 1.17. The van der Waals surface area contributed by atoms with E-state index in [2.05, 4.69) is 10.2 Å². The summed E-state index contributed by atoms with van der Waals surface area (Å²) in [5.74, 6) is 0.0765. The maximum Gasteiger partial charge on any atom is 0.273 e. The van der Waals surface area contributed by atoms with E-state index in [1.54, 1.807) is 41.3 Å². The predicted octanol–water partition coefficient (Wildman–Crippen LogP) is 3.21. The summed E-state index contributed by atoms with van der Waals surface area (Å²) in [6.07, 6.45) is 1.89. The number of H-pyrrole nitrogens is 1. The number of carbonyl (C=O) groups is 1. The first kappa shape index (κ1) is 17.8. The van der Waals surface area contributed by atoms with Gasteiger partial charge in [0, 0.05) is 24.3 Å². The summed E-state index contributed by atoms with van der Waals surface area (Å²) < 4.78 is 5.77. The molecule has 5 rings (SSSR count). The number of aromatic nitrogens is 2. The molecule has 29 heavy (non-hydrogen) atoms. The van der Waals surface area contributed by atoms with Gasteiger partial charge in [0.1, 0.15) is 22.9 Å². The Kier molecular flexibility index (Phi) is 4.24. The second-order valence-electron chi connectivity index (χ2n) is 7.47. The molecule has 0 aliphatic carbocycles. The number of amides is 1. The summed E-state index contributed by atoms with van der Waals surface area (Å²) in [6, 6.07) is 13.4. The average Bonchev–Trinajstić information content (AvgIpc) is 3.42. The summed E-state index contributed by atoms with van der Waals surface area (Å²) in [7, 11) is 0. The molecule has 1 amide bonds. The van der Waals surface area contributed by atoms with E-state index in [9.17, 15) is 15.0 Å². The number of aromatic amines is 1. The maximum atomic E-state index is 13.3. The minimum Gasteiger partial charge on any atom is -0.508 e. The van der Waals surface area contributed by atoms with Crippen molar-refractivity contribution in [1.29, 1.82) is 0 Å². The number of ether oxygens (including phenoxy) is 1. The lowest BCUT2D eigenvalue weighted by Gasteiger charge is -2.28. The molecule has 0 bridgehead atoms. The van der Waals surface area contributed by atoms with E-state index < -0.39 is 6.04 Å². The van der Waals surface area contributed by atoms with Crippen LogP contribution < -0.4 is 0 Å². The van der Waals surface area contributed by atoms with Crippen LogP contribution in [0.15, 0.2) is 48.5 Å². The fourth-order valence-corrected chi connectivity index (χ4v) is 4.31. The summed E-state index contributed by atoms with van der Waals surface area (Å²) in [4.78, 5) is 15.0. The number of hydrogen-bond acceptors (Lipinski definition) is 5. The predicted molar refractivity (Wildman–Crippen MR) is 106 cm³/mol. The van der Waals surface area contributed by atoms with Gasteiger partial charge in [0.05, 0.1) is 12.1 Å². The van der Waals surface area contributed by atoms with Gasteiger partial charge in [-0.3, -0.25) is 9.89 Å². The first-order valence-corrected chi connectivity index (χ1v) is 9.71. The summed E-state index contributed by atoms with van der Waals surface area (Å²) in [5, 5.41) is 27.6. The Labute approximate surface area is 167 Å². The summed E-state index contributed by atoms with van der Waals surface area (Å²) in [5.41, 5.74) is 3.00. The van der Waals surface area contributed by atoms with Crippen molar-refractivity contribution in [2.75, 3.05) is 13.2 Å². The van der Waals surface area contributed by atoms with E-state index in [0.29, 0.717) is 35.7 Å². The van der Waals surface area contributed by atoms with Crippen molar-refractivity contribution >= 4 is 5.91 Å². The maximum absolute atomic E-state index is 13.3. The Morgan fingerprint density at radius 1 is 1.17 bits per heavy atom. The number of rotatable bonds is 4. The van der Waals surface area contributed by atoms with Crippen molar-refractivity contribution < 1.29 is 19.7 Å². The Morgan fingerprint density at radius 2 is 2.03 bits per heavy atom. The minimum atomic E-state index is -0.429. The Morgan fingerprint density at radius 3 is 2.79 bits per heavy atom. The molecule has 2 aliphatic rings. The zero-order chi connectivity index (χ0) is 20.0. The number of aromatic hydroxyl groups is 2. The van der Waals surface area contributed by atoms with Gasteiger partial charge < -0.3 is 19.8 Å². The Bertz CT molecular complexity index is 1070. The number of fused-ring (bicyclic) bond motifs is 1. The van der Waals surface area contributed by atoms with E-state index >= 15 is 0 Å². The molecule has 3 N–H and O–H groups in total. The van der Waals surface area contributed by atoms with Gasteiger partial charge in [-0.05, 0) is 42.7 Å². The lowest BCUT2D eigenvalue weighted by molar-refractivity contribution is 0.0495. The third-order valence-corrected chi connectivity index (χ3v) is 5.63. The number of benzene rings is 2. The highest BCUT2D eigenvalue weighted by Crippen LogP contribution is 2.45. The molecular weight excluding hydrogens is 370 g/mol. The Balaban J connectivity index is 1.65. The molecule has 7 nitrogen and oxygen atoms in total. The molecule has 0 radical (unpaired) electrons. The SMILES string of the molecule is O=C1c2[nH]nc(-c3ccccc3O)c2[C@H](c2cccc(O)c2)N1C[C@@H]1CCCO1. The van der Waals surface area contributed by atoms with Crippen molar-refractivity contribution in [3.63, 3.8) is 0 Å². The number of nitrogens with one attached hydrogen (secondary N) is 1. The van der Waals surface area contributed by atoms with Crippen LogP contribution in [0.1, 0.15) is 40.5 Å². The quantitative estimate of drug-likeness (QED) is 0.634. The first-order valence-electron chi connectivity index (χ1n) is 9.71. The van der Waals surface area contributed by atoms with Crippen LogP contribution >= 0.6 is 0 Å². The number of phenols is 2. The van der Waals surface area contributed by atoms with Crippen LogP contribution in [0.25, 0.3) is 11.3 Å². The van der Waals surface area contributed by atoms with Crippen LogP contribution in [0.3, 0.4) is 0 Å². The van der Waals surface area contributed by atoms with Crippen molar-refractivity contribution in [1.82, 2.24) is 15.1 Å². The molecule has 148 valence electrons. The van der Waals surface area contributed by atoms with Gasteiger partial charge >= 0.3 is 0 Å². The van der Waals surface area contributed by atoms with Crippen LogP contribution in [0.2, 0.25) is 0 Å². The largest absolute Gasteiger partial charge is 0.508 e. The second kappa shape index (κ2) is 6.93. The molecule has 7 heteroatoms. The monoisotopic (exact) mass is 391 g/mol. The normalized spacial score (nSPS) is 21.0. The van der Waals surface area contributed by atoms with E-state index in [4.69, 9.17) is 4.74 Å². The van der Waals surface area contributed by atoms with Crippen LogP contribution in [-0.2, 0) is 4.74 Å². The van der Waals surface area contributed by atoms with Crippen molar-refractivity contribution in [3.8, 4) is 22.8 Å². The molecule has 1 aromatic heterocycles. The minimum absolute atomic E-state index is 0.00991. The molecule has 0 unspecified atom stereocenters. The smallest absolute Gasteiger partial charge is 0.273 e. The van der Waals surface area contributed by atoms with Gasteiger partial charge in [0.15, 0.2) is 0 Å². The molecule has 2 atom stereocenters. The number of hydrogen-bond donors (Lipinski definition) is 3. The average molecular weight is 391 g/mol. The fourth-order valence-electron chi connectivity index (χ4n) is 4.31. The van der Waals surface area contributed by atoms with Gasteiger partial charge in [-0.2, -0.15) is 5.10 Å². The standard InChI is InChI=1S/C22H21N3O4/c26-14-6-3-5-13(11-14)21-18-19(16-8-1-2-9-17(16)27)23-24-20(18)22(28)25(21)12-15-7-4-10-29-15/h1-3,5-6,8-9,11,15,21,26-27H,4,7,10,12H2,(H,23,24)/t15-,21-/m0/s1. The molecule has 2 aliphatic heterocycles. The molecule has 3 heterocycles. The third kappa shape index (κ3) is 2.94. The van der Waals surface area contributed by atoms with E-state index in [1.807, 2.05) is 12.1 Å². The molecule has 0 saturated carbocycles. The van der Waals surface area contributed by atoms with E-state index in [1.165, 1.54) is 0 Å². The lowest BCUT2D eigenvalue weighted by atomic mass is 9.95. The number of phenolic OH excluding ortho intramolecular Hbond substituents is 2. The van der Waals surface area contributed by atoms with Crippen LogP contribution in [0.4, 0.5) is 0 Å². The number of nitrogens with zero attached hydrogens (tertiary/aromatic N) is 2. The van der Waals surface area contributed by atoms with E-state index in [-0.39, 0.29) is 23.5 Å². The van der Waals surface area contributed by atoms with Gasteiger partial charge in [-0.1, -0.05) is 24.3 Å². The lowest BCUT2D eigenvalue weighted by Crippen LogP contribution is -2.36. The topological polar surface area (TPSA) is 98.7 Å². The van der Waals surface area contributed by atoms with Crippen molar-refractivity contribution in [2.45, 2.75) is 25.0 Å². The highest BCUT2D eigenvalue weighted by molar-refractivity contribution is 6.00. The molecule has 2 aromatic carbocycles. The fraction of sp³-hybridized carbons (Fsp3) is 0.273. The zero-order valence-corrected chi connectivity index (χ0v) is 15.7. The van der Waals surface area contributed by atoms with Crippen LogP contribution in [0.5, 0.6) is 11.5 Å². The van der Waals surface area contributed by atoms with Gasteiger partial charge in [-0.15, -0.1) is 0 Å². The van der Waals surface area contributed by atoms with Gasteiger partial charge in [-0.25, -0.2) is 0 Å². The highest BCUT2D eigenvalue weighted by Gasteiger charge is 2.43. The molecule has 0 spiro atoms. The van der Waals surface area contributed by atoms with Crippen molar-refractivity contribution in [3.05, 3.63) is 65.4 Å². The summed E-state index contributed by atoms with van der Waals surface area (Å²) >= 11 is 0. The number of carbonyl (C=O) groups excluding carboxylic acids is 1. The Hall–Kier alpha value is -3.32. The second-order valence-corrected chi connectivity index (χ2v) is 7.47. The van der Waals surface area contributed by atoms with E-state index in [0.717, 1.165) is 18.4 Å². The first-order chi connectivity index (χ1) is 14.1. The number of para-hydroxylation sites is 1. The molecular formula is C22H21N3O4. The molecule has 3 aromatic rings. The van der Waals surface area contributed by atoms with Gasteiger partial charge in [0.2, 0.25) is 0 Å². The van der Waals surface area contributed by atoms with Crippen LogP contribution in [0, 0.1) is 0 Å². The van der Waals surface area contributed by atoms with Crippen LogP contribution in [-0.4, -0.2) is 50.5 Å². The highest BCUT2D eigenvalue weighted by atomic mass is 16.5. The van der Waals surface area contributed by atoms with Gasteiger partial charge in [0.25, 0.3) is 5.91 Å². The van der Waals surface area contributed by atoms with Crippen molar-refractivity contribution in [2.24, 2.45) is 0 Å². The zero-order valence-electron chi connectivity index (χ0n) is 15.7. The third-order valence-electron chi connectivity index (χ3n) is 5.63. The molecule has 1 saturated heterocycles.